The van der Waals surface area contributed by atoms with Crippen molar-refractivity contribution in [2.45, 2.75) is 37.6 Å². The molecule has 1 amide bonds. The highest BCUT2D eigenvalue weighted by Crippen LogP contribution is 2.26. The summed E-state index contributed by atoms with van der Waals surface area (Å²) in [5, 5.41) is 1.10. The predicted octanol–water partition coefficient (Wildman–Crippen LogP) is 3.98. The van der Waals surface area contributed by atoms with Gasteiger partial charge in [0, 0.05) is 56.7 Å². The molecule has 2 saturated heterocycles. The van der Waals surface area contributed by atoms with Gasteiger partial charge in [-0.15, -0.1) is 0 Å². The van der Waals surface area contributed by atoms with Gasteiger partial charge in [-0.2, -0.15) is 0 Å². The predicted molar refractivity (Wildman–Crippen MR) is 143 cm³/mol. The first-order valence-corrected chi connectivity index (χ1v) is 14.0. The molecule has 0 bridgehead atoms. The van der Waals surface area contributed by atoms with Gasteiger partial charge in [0.2, 0.25) is 0 Å². The second-order valence-electron chi connectivity index (χ2n) is 9.06. The molecule has 3 heterocycles. The summed E-state index contributed by atoms with van der Waals surface area (Å²) in [6.45, 7) is 10.5. The quantitative estimate of drug-likeness (QED) is 0.219. The molecule has 0 atom stereocenters. The molecule has 36 heavy (non-hydrogen) atoms. The fraction of sp³-hybridized carbons (Fsp3) is 0.538. The van der Waals surface area contributed by atoms with E-state index in [0.29, 0.717) is 54.2 Å². The number of carbonyl (C=O) groups is 2. The second kappa shape index (κ2) is 12.7. The molecule has 0 N–H and O–H groups in total. The van der Waals surface area contributed by atoms with Crippen LogP contribution in [-0.2, 0) is 15.3 Å². The molecule has 8 nitrogen and oxygen atoms in total. The molecule has 2 fully saturated rings. The maximum atomic E-state index is 12.9. The number of piperidine rings is 1. The van der Waals surface area contributed by atoms with Gasteiger partial charge < -0.3 is 19.4 Å². The van der Waals surface area contributed by atoms with Crippen molar-refractivity contribution in [1.82, 2.24) is 19.8 Å². The molecular weight excluding hydrogens is 498 g/mol. The standard InChI is InChI=1S/C26H34ClN5O3S/c1-3-30-13-15-31(16-14-30)23-17-22(27)28-26(29-23)36-18-19-5-7-20(8-6-19)24(33)32-11-9-21(10-12-32)25(34)35-4-2/h5-8,17,21H,3-4,9-16,18H2,1-2H3. The lowest BCUT2D eigenvalue weighted by Gasteiger charge is -2.34. The average molecular weight is 532 g/mol. The fourth-order valence-electron chi connectivity index (χ4n) is 4.56. The summed E-state index contributed by atoms with van der Waals surface area (Å²) in [6.07, 6.45) is 1.30. The number of aromatic nitrogens is 2. The third-order valence-electron chi connectivity index (χ3n) is 6.78. The van der Waals surface area contributed by atoms with Gasteiger partial charge in [0.15, 0.2) is 5.16 Å². The van der Waals surface area contributed by atoms with E-state index in [9.17, 15) is 9.59 Å². The molecule has 0 unspecified atom stereocenters. The summed E-state index contributed by atoms with van der Waals surface area (Å²) in [7, 11) is 0. The molecule has 0 aliphatic carbocycles. The van der Waals surface area contributed by atoms with Crippen molar-refractivity contribution < 1.29 is 14.3 Å². The zero-order valence-electron chi connectivity index (χ0n) is 21.0. The Morgan fingerprint density at radius 2 is 1.72 bits per heavy atom. The van der Waals surface area contributed by atoms with Crippen LogP contribution in [0.1, 0.15) is 42.6 Å². The number of likely N-dealkylation sites (tertiary alicyclic amines) is 1. The lowest BCUT2D eigenvalue weighted by molar-refractivity contribution is -0.149. The van der Waals surface area contributed by atoms with E-state index in [1.807, 2.05) is 42.2 Å². The first-order valence-electron chi connectivity index (χ1n) is 12.7. The van der Waals surface area contributed by atoms with E-state index in [0.717, 1.165) is 44.1 Å². The van der Waals surface area contributed by atoms with Gasteiger partial charge in [0.05, 0.1) is 12.5 Å². The number of ether oxygens (including phenoxy) is 1. The Morgan fingerprint density at radius 1 is 1.03 bits per heavy atom. The average Bonchev–Trinajstić information content (AvgIpc) is 2.92. The van der Waals surface area contributed by atoms with Crippen molar-refractivity contribution in [3.63, 3.8) is 0 Å². The molecule has 194 valence electrons. The summed E-state index contributed by atoms with van der Waals surface area (Å²) in [5.74, 6) is 1.30. The van der Waals surface area contributed by atoms with Crippen molar-refractivity contribution in [3.05, 3.63) is 46.6 Å². The number of carbonyl (C=O) groups excluding carboxylic acids is 2. The van der Waals surface area contributed by atoms with Crippen LogP contribution in [-0.4, -0.2) is 84.1 Å². The maximum Gasteiger partial charge on any atom is 0.309 e. The second-order valence-corrected chi connectivity index (χ2v) is 10.4. The number of thioether (sulfide) groups is 1. The van der Waals surface area contributed by atoms with Gasteiger partial charge >= 0.3 is 5.97 Å². The molecule has 0 radical (unpaired) electrons. The Morgan fingerprint density at radius 3 is 2.36 bits per heavy atom. The maximum absolute atomic E-state index is 12.9. The first kappa shape index (κ1) is 26.7. The summed E-state index contributed by atoms with van der Waals surface area (Å²) >= 11 is 7.85. The Kier molecular flexibility index (Phi) is 9.45. The number of anilines is 1. The van der Waals surface area contributed by atoms with E-state index in [2.05, 4.69) is 21.7 Å². The van der Waals surface area contributed by atoms with E-state index in [-0.39, 0.29) is 17.8 Å². The highest BCUT2D eigenvalue weighted by atomic mass is 35.5. The van der Waals surface area contributed by atoms with Crippen LogP contribution >= 0.6 is 23.4 Å². The van der Waals surface area contributed by atoms with Gasteiger partial charge in [-0.3, -0.25) is 9.59 Å². The minimum atomic E-state index is -0.152. The van der Waals surface area contributed by atoms with Gasteiger partial charge in [-0.05, 0) is 44.0 Å². The zero-order valence-corrected chi connectivity index (χ0v) is 22.6. The number of esters is 1. The number of likely N-dealkylation sites (N-methyl/N-ethyl adjacent to an activating group) is 1. The lowest BCUT2D eigenvalue weighted by Crippen LogP contribution is -2.46. The molecule has 2 aromatic rings. The number of nitrogens with zero attached hydrogens (tertiary/aromatic N) is 5. The van der Waals surface area contributed by atoms with Crippen LogP contribution < -0.4 is 4.90 Å². The van der Waals surface area contributed by atoms with Crippen LogP contribution in [0.15, 0.2) is 35.5 Å². The Labute approximate surface area is 222 Å². The third kappa shape index (κ3) is 6.89. The van der Waals surface area contributed by atoms with Crippen molar-refractivity contribution in [2.75, 3.05) is 57.3 Å². The molecule has 2 aliphatic rings. The smallest absolute Gasteiger partial charge is 0.309 e. The molecule has 2 aliphatic heterocycles. The SMILES string of the molecule is CCOC(=O)C1CCN(C(=O)c2ccc(CSc3nc(Cl)cc(N4CCN(CC)CC4)n3)cc2)CC1. The van der Waals surface area contributed by atoms with Crippen LogP contribution in [0.4, 0.5) is 5.82 Å². The minimum absolute atomic E-state index is 0.00231. The van der Waals surface area contributed by atoms with Gasteiger partial charge in [0.25, 0.3) is 5.91 Å². The molecule has 0 spiro atoms. The number of amides is 1. The topological polar surface area (TPSA) is 78.9 Å². The fourth-order valence-corrected chi connectivity index (χ4v) is 5.59. The van der Waals surface area contributed by atoms with Crippen molar-refractivity contribution in [2.24, 2.45) is 5.92 Å². The van der Waals surface area contributed by atoms with E-state index in [1.54, 1.807) is 0 Å². The summed E-state index contributed by atoms with van der Waals surface area (Å²) in [4.78, 5) is 40.5. The summed E-state index contributed by atoms with van der Waals surface area (Å²) in [6, 6.07) is 9.52. The highest BCUT2D eigenvalue weighted by Gasteiger charge is 2.28. The monoisotopic (exact) mass is 531 g/mol. The Bertz CT molecular complexity index is 1040. The van der Waals surface area contributed by atoms with Crippen LogP contribution in [0.3, 0.4) is 0 Å². The van der Waals surface area contributed by atoms with Crippen molar-refractivity contribution >= 4 is 41.1 Å². The molecule has 4 rings (SSSR count). The third-order valence-corrected chi connectivity index (χ3v) is 7.89. The van der Waals surface area contributed by atoms with E-state index < -0.39 is 0 Å². The minimum Gasteiger partial charge on any atom is -0.466 e. The number of rotatable bonds is 8. The number of piperazine rings is 1. The van der Waals surface area contributed by atoms with Crippen LogP contribution in [0, 0.1) is 5.92 Å². The number of halogens is 1. The van der Waals surface area contributed by atoms with E-state index in [1.165, 1.54) is 11.8 Å². The molecule has 10 heteroatoms. The van der Waals surface area contributed by atoms with Crippen LogP contribution in [0.25, 0.3) is 0 Å². The van der Waals surface area contributed by atoms with Crippen LogP contribution in [0.5, 0.6) is 0 Å². The Hall–Kier alpha value is -2.36. The summed E-state index contributed by atoms with van der Waals surface area (Å²) in [5.41, 5.74) is 1.74. The molecule has 1 aromatic heterocycles. The molecule has 0 saturated carbocycles. The van der Waals surface area contributed by atoms with Gasteiger partial charge in [-0.25, -0.2) is 9.97 Å². The van der Waals surface area contributed by atoms with E-state index >= 15 is 0 Å². The van der Waals surface area contributed by atoms with Crippen molar-refractivity contribution in [3.8, 4) is 0 Å². The highest BCUT2D eigenvalue weighted by molar-refractivity contribution is 7.98. The summed E-state index contributed by atoms with van der Waals surface area (Å²) < 4.78 is 5.12. The van der Waals surface area contributed by atoms with Crippen LogP contribution in [0.2, 0.25) is 5.15 Å². The van der Waals surface area contributed by atoms with Gasteiger partial charge in [0.1, 0.15) is 11.0 Å². The molecule has 1 aromatic carbocycles. The number of hydrogen-bond donors (Lipinski definition) is 0. The van der Waals surface area contributed by atoms with E-state index in [4.69, 9.17) is 21.3 Å². The largest absolute Gasteiger partial charge is 0.466 e. The Balaban J connectivity index is 1.30. The number of benzene rings is 1. The van der Waals surface area contributed by atoms with Crippen molar-refractivity contribution in [1.29, 1.82) is 0 Å². The lowest BCUT2D eigenvalue weighted by atomic mass is 9.96. The zero-order chi connectivity index (χ0) is 25.5. The first-order chi connectivity index (χ1) is 17.5. The van der Waals surface area contributed by atoms with Gasteiger partial charge in [-0.1, -0.05) is 42.4 Å². The normalized spacial score (nSPS) is 17.3. The number of hydrogen-bond acceptors (Lipinski definition) is 8. The molecular formula is C26H34ClN5O3S.